The lowest BCUT2D eigenvalue weighted by Gasteiger charge is -2.25. The molecule has 1 aliphatic rings. The molecule has 2 rings (SSSR count). The average molecular weight is 288 g/mol. The number of halogens is 1. The van der Waals surface area contributed by atoms with Crippen molar-refractivity contribution in [3.8, 4) is 11.5 Å². The largest absolute Gasteiger partial charge is 0.506 e. The van der Waals surface area contributed by atoms with Crippen LogP contribution < -0.4 is 10.1 Å². The average Bonchev–Trinajstić information content (AvgIpc) is 2.34. The summed E-state index contributed by atoms with van der Waals surface area (Å²) in [6, 6.07) is 3.65. The highest BCUT2D eigenvalue weighted by Gasteiger charge is 2.21. The molecule has 2 N–H and O–H groups in total. The molecule has 5 heteroatoms. The van der Waals surface area contributed by atoms with Gasteiger partial charge in [-0.1, -0.05) is 0 Å². The second kappa shape index (κ2) is 5.03. The number of rotatable bonds is 2. The fraction of sp³-hybridized carbons (Fsp3) is 0.455. The van der Waals surface area contributed by atoms with E-state index in [0.717, 1.165) is 12.1 Å². The van der Waals surface area contributed by atoms with E-state index in [1.165, 1.54) is 0 Å². The summed E-state index contributed by atoms with van der Waals surface area (Å²) < 4.78 is 11.3. The third-order valence-electron chi connectivity index (χ3n) is 2.61. The summed E-state index contributed by atoms with van der Waals surface area (Å²) in [5.41, 5.74) is 0.778. The Morgan fingerprint density at radius 1 is 1.56 bits per heavy atom. The number of morpholine rings is 1. The first-order valence-electron chi connectivity index (χ1n) is 5.11. The van der Waals surface area contributed by atoms with Crippen LogP contribution in [0.4, 0.5) is 0 Å². The lowest BCUT2D eigenvalue weighted by atomic mass is 10.1. The number of benzene rings is 1. The van der Waals surface area contributed by atoms with Crippen LogP contribution in [0.5, 0.6) is 11.5 Å². The lowest BCUT2D eigenvalue weighted by Crippen LogP contribution is -2.33. The molecule has 1 fully saturated rings. The molecular formula is C11H14BrNO3. The molecule has 0 aliphatic carbocycles. The predicted molar refractivity (Wildman–Crippen MR) is 63.9 cm³/mol. The minimum atomic E-state index is -0.101. The van der Waals surface area contributed by atoms with E-state index in [9.17, 15) is 5.11 Å². The molecule has 1 atom stereocenters. The van der Waals surface area contributed by atoms with Gasteiger partial charge in [0.25, 0.3) is 0 Å². The van der Waals surface area contributed by atoms with E-state index >= 15 is 0 Å². The number of ether oxygens (including phenoxy) is 2. The van der Waals surface area contributed by atoms with Crippen molar-refractivity contribution in [2.75, 3.05) is 26.8 Å². The zero-order valence-electron chi connectivity index (χ0n) is 9.00. The number of methoxy groups -OCH3 is 1. The SMILES string of the molecule is COc1ccc(C2CNCCO2)c(O)c1Br. The molecule has 0 aromatic heterocycles. The van der Waals surface area contributed by atoms with Crippen LogP contribution in [0.15, 0.2) is 16.6 Å². The Bertz CT molecular complexity index is 378. The summed E-state index contributed by atoms with van der Waals surface area (Å²) >= 11 is 3.31. The first kappa shape index (κ1) is 11.7. The second-order valence-corrected chi connectivity index (χ2v) is 4.38. The molecule has 0 bridgehead atoms. The molecule has 1 aromatic rings. The van der Waals surface area contributed by atoms with Gasteiger partial charge in [0.15, 0.2) is 0 Å². The number of hydrogen-bond acceptors (Lipinski definition) is 4. The van der Waals surface area contributed by atoms with Crippen molar-refractivity contribution in [2.45, 2.75) is 6.10 Å². The molecule has 1 unspecified atom stereocenters. The molecule has 1 saturated heterocycles. The third kappa shape index (κ3) is 2.16. The number of phenols is 1. The molecule has 0 amide bonds. The van der Waals surface area contributed by atoms with Crippen molar-refractivity contribution in [1.82, 2.24) is 5.32 Å². The Kier molecular flexibility index (Phi) is 3.68. The summed E-state index contributed by atoms with van der Waals surface area (Å²) in [5, 5.41) is 13.3. The highest BCUT2D eigenvalue weighted by atomic mass is 79.9. The van der Waals surface area contributed by atoms with Crippen LogP contribution in [0, 0.1) is 0 Å². The van der Waals surface area contributed by atoms with Gasteiger partial charge in [-0.3, -0.25) is 0 Å². The van der Waals surface area contributed by atoms with Crippen LogP contribution in [0.1, 0.15) is 11.7 Å². The van der Waals surface area contributed by atoms with Crippen molar-refractivity contribution in [3.05, 3.63) is 22.2 Å². The number of nitrogens with one attached hydrogen (secondary N) is 1. The van der Waals surface area contributed by atoms with E-state index in [1.54, 1.807) is 7.11 Å². The predicted octanol–water partition coefficient (Wildman–Crippen LogP) is 1.82. The molecule has 0 spiro atoms. The molecule has 1 aromatic carbocycles. The molecule has 16 heavy (non-hydrogen) atoms. The Balaban J connectivity index is 2.30. The van der Waals surface area contributed by atoms with Gasteiger partial charge in [0.1, 0.15) is 16.0 Å². The summed E-state index contributed by atoms with van der Waals surface area (Å²) in [5.74, 6) is 0.804. The molecule has 0 saturated carbocycles. The van der Waals surface area contributed by atoms with Crippen LogP contribution in [-0.4, -0.2) is 31.9 Å². The highest BCUT2D eigenvalue weighted by molar-refractivity contribution is 9.10. The summed E-state index contributed by atoms with van der Waals surface area (Å²) in [4.78, 5) is 0. The maximum atomic E-state index is 10.0. The summed E-state index contributed by atoms with van der Waals surface area (Å²) in [6.45, 7) is 2.23. The van der Waals surface area contributed by atoms with Crippen LogP contribution >= 0.6 is 15.9 Å². The van der Waals surface area contributed by atoms with E-state index in [4.69, 9.17) is 9.47 Å². The maximum absolute atomic E-state index is 10.0. The van der Waals surface area contributed by atoms with Gasteiger partial charge in [-0.05, 0) is 28.1 Å². The van der Waals surface area contributed by atoms with Gasteiger partial charge in [0.05, 0.1) is 19.8 Å². The Labute approximate surface area is 103 Å². The Morgan fingerprint density at radius 2 is 2.38 bits per heavy atom. The zero-order chi connectivity index (χ0) is 11.5. The molecule has 4 nitrogen and oxygen atoms in total. The number of aromatic hydroxyl groups is 1. The number of phenolic OH excluding ortho intramolecular Hbond substituents is 1. The first-order chi connectivity index (χ1) is 7.74. The monoisotopic (exact) mass is 287 g/mol. The minimum absolute atomic E-state index is 0.101. The smallest absolute Gasteiger partial charge is 0.139 e. The van der Waals surface area contributed by atoms with Gasteiger partial charge in [0, 0.05) is 18.7 Å². The van der Waals surface area contributed by atoms with Gasteiger partial charge in [-0.2, -0.15) is 0 Å². The minimum Gasteiger partial charge on any atom is -0.506 e. The van der Waals surface area contributed by atoms with E-state index in [2.05, 4.69) is 21.2 Å². The summed E-state index contributed by atoms with van der Waals surface area (Å²) in [6.07, 6.45) is -0.101. The zero-order valence-corrected chi connectivity index (χ0v) is 10.6. The van der Waals surface area contributed by atoms with Crippen molar-refractivity contribution < 1.29 is 14.6 Å². The van der Waals surface area contributed by atoms with Gasteiger partial charge in [-0.25, -0.2) is 0 Å². The lowest BCUT2D eigenvalue weighted by molar-refractivity contribution is 0.0262. The van der Waals surface area contributed by atoms with Crippen LogP contribution in [0.2, 0.25) is 0 Å². The summed E-state index contributed by atoms with van der Waals surface area (Å²) in [7, 11) is 1.57. The van der Waals surface area contributed by atoms with Crippen LogP contribution in [0.3, 0.4) is 0 Å². The van der Waals surface area contributed by atoms with Gasteiger partial charge in [-0.15, -0.1) is 0 Å². The molecule has 0 radical (unpaired) electrons. The van der Waals surface area contributed by atoms with E-state index in [-0.39, 0.29) is 11.9 Å². The number of hydrogen-bond donors (Lipinski definition) is 2. The van der Waals surface area contributed by atoms with Crippen LogP contribution in [-0.2, 0) is 4.74 Å². The van der Waals surface area contributed by atoms with Gasteiger partial charge in [0.2, 0.25) is 0 Å². The molecule has 88 valence electrons. The quantitative estimate of drug-likeness (QED) is 0.871. The van der Waals surface area contributed by atoms with Crippen molar-refractivity contribution in [3.63, 3.8) is 0 Å². The van der Waals surface area contributed by atoms with Crippen molar-refractivity contribution in [2.24, 2.45) is 0 Å². The third-order valence-corrected chi connectivity index (χ3v) is 3.37. The normalized spacial score (nSPS) is 20.8. The van der Waals surface area contributed by atoms with E-state index in [1.807, 2.05) is 12.1 Å². The molecular weight excluding hydrogens is 274 g/mol. The molecule has 1 aliphatic heterocycles. The highest BCUT2D eigenvalue weighted by Crippen LogP contribution is 2.39. The van der Waals surface area contributed by atoms with Crippen LogP contribution in [0.25, 0.3) is 0 Å². The fourth-order valence-corrected chi connectivity index (χ4v) is 2.27. The topological polar surface area (TPSA) is 50.7 Å². The molecule has 1 heterocycles. The van der Waals surface area contributed by atoms with Gasteiger partial charge < -0.3 is 19.9 Å². The first-order valence-corrected chi connectivity index (χ1v) is 5.91. The second-order valence-electron chi connectivity index (χ2n) is 3.58. The Hall–Kier alpha value is -0.780. The standard InChI is InChI=1S/C11H14BrNO3/c1-15-8-3-2-7(11(14)10(8)12)9-6-13-4-5-16-9/h2-3,9,13-14H,4-6H2,1H3. The Morgan fingerprint density at radius 3 is 3.00 bits per heavy atom. The van der Waals surface area contributed by atoms with Crippen molar-refractivity contribution in [1.29, 1.82) is 0 Å². The van der Waals surface area contributed by atoms with E-state index in [0.29, 0.717) is 23.4 Å². The maximum Gasteiger partial charge on any atom is 0.139 e. The van der Waals surface area contributed by atoms with E-state index < -0.39 is 0 Å². The fourth-order valence-electron chi connectivity index (χ4n) is 1.74. The van der Waals surface area contributed by atoms with Gasteiger partial charge >= 0.3 is 0 Å². The van der Waals surface area contributed by atoms with Crippen molar-refractivity contribution >= 4 is 15.9 Å².